The Balaban J connectivity index is 2.30. The Morgan fingerprint density at radius 3 is 3.00 bits per heavy atom. The fraction of sp³-hybridized carbons (Fsp3) is 0.417. The summed E-state index contributed by atoms with van der Waals surface area (Å²) in [6.07, 6.45) is 0.705. The Morgan fingerprint density at radius 1 is 1.56 bits per heavy atom. The van der Waals surface area contributed by atoms with Gasteiger partial charge in [0.25, 0.3) is 0 Å². The summed E-state index contributed by atoms with van der Waals surface area (Å²) in [5.41, 5.74) is 2.98. The number of fused-ring (bicyclic) bond motifs is 1. The van der Waals surface area contributed by atoms with Crippen LogP contribution in [0.5, 0.6) is 0 Å². The van der Waals surface area contributed by atoms with Crippen LogP contribution in [0.25, 0.3) is 0 Å². The summed E-state index contributed by atoms with van der Waals surface area (Å²) in [5, 5.41) is 0. The van der Waals surface area contributed by atoms with Crippen LogP contribution in [0.15, 0.2) is 12.1 Å². The monoisotopic (exact) mass is 241 g/mol. The molecule has 0 saturated heterocycles. The SMILES string of the molecule is Cc1cc(F)cc2c1CN(C(=O)CCl)CC2. The molecule has 0 saturated carbocycles. The molecule has 1 aliphatic heterocycles. The van der Waals surface area contributed by atoms with Gasteiger partial charge in [-0.15, -0.1) is 11.6 Å². The van der Waals surface area contributed by atoms with Crippen molar-refractivity contribution in [2.24, 2.45) is 0 Å². The van der Waals surface area contributed by atoms with Gasteiger partial charge in [-0.2, -0.15) is 0 Å². The number of alkyl halides is 1. The van der Waals surface area contributed by atoms with Crippen molar-refractivity contribution in [3.8, 4) is 0 Å². The van der Waals surface area contributed by atoms with Gasteiger partial charge in [0.2, 0.25) is 5.91 Å². The minimum absolute atomic E-state index is 0.00950. The summed E-state index contributed by atoms with van der Waals surface area (Å²) >= 11 is 5.53. The Hall–Kier alpha value is -1.09. The lowest BCUT2D eigenvalue weighted by molar-refractivity contribution is -0.129. The van der Waals surface area contributed by atoms with E-state index in [-0.39, 0.29) is 17.6 Å². The van der Waals surface area contributed by atoms with Gasteiger partial charge >= 0.3 is 0 Å². The minimum Gasteiger partial charge on any atom is -0.337 e. The Kier molecular flexibility index (Phi) is 3.15. The highest BCUT2D eigenvalue weighted by molar-refractivity contribution is 6.27. The minimum atomic E-state index is -0.201. The quantitative estimate of drug-likeness (QED) is 0.691. The van der Waals surface area contributed by atoms with Crippen LogP contribution in [0.4, 0.5) is 4.39 Å². The van der Waals surface area contributed by atoms with Crippen molar-refractivity contribution in [1.29, 1.82) is 0 Å². The normalized spacial score (nSPS) is 14.8. The predicted molar refractivity (Wildman–Crippen MR) is 61.0 cm³/mol. The molecule has 2 nitrogen and oxygen atoms in total. The third-order valence-corrected chi connectivity index (χ3v) is 3.23. The van der Waals surface area contributed by atoms with E-state index in [1.54, 1.807) is 11.0 Å². The van der Waals surface area contributed by atoms with Gasteiger partial charge < -0.3 is 4.90 Å². The van der Waals surface area contributed by atoms with Crippen molar-refractivity contribution < 1.29 is 9.18 Å². The number of benzene rings is 1. The summed E-state index contributed by atoms with van der Waals surface area (Å²) in [6, 6.07) is 3.07. The summed E-state index contributed by atoms with van der Waals surface area (Å²) in [6.45, 7) is 3.05. The molecule has 0 radical (unpaired) electrons. The number of hydrogen-bond donors (Lipinski definition) is 0. The highest BCUT2D eigenvalue weighted by Crippen LogP contribution is 2.23. The fourth-order valence-corrected chi connectivity index (χ4v) is 2.28. The smallest absolute Gasteiger partial charge is 0.237 e. The molecule has 0 N–H and O–H groups in total. The summed E-state index contributed by atoms with van der Waals surface area (Å²) in [5.74, 6) is -0.250. The lowest BCUT2D eigenvalue weighted by Crippen LogP contribution is -2.37. The average Bonchev–Trinajstić information content (AvgIpc) is 2.27. The molecule has 1 amide bonds. The second-order valence-corrected chi connectivity index (χ2v) is 4.33. The molecule has 1 aliphatic rings. The highest BCUT2D eigenvalue weighted by atomic mass is 35.5. The Labute approximate surface area is 99.0 Å². The maximum absolute atomic E-state index is 13.2. The van der Waals surface area contributed by atoms with Gasteiger partial charge in [0, 0.05) is 13.1 Å². The van der Waals surface area contributed by atoms with Crippen molar-refractivity contribution >= 4 is 17.5 Å². The molecular formula is C12H13ClFNO. The van der Waals surface area contributed by atoms with Gasteiger partial charge in [0.05, 0.1) is 0 Å². The standard InChI is InChI=1S/C12H13ClFNO/c1-8-4-10(14)5-9-2-3-15(7-11(8)9)12(16)6-13/h4-5H,2-3,6-7H2,1H3. The second kappa shape index (κ2) is 4.42. The molecular weight excluding hydrogens is 229 g/mol. The van der Waals surface area contributed by atoms with E-state index >= 15 is 0 Å². The van der Waals surface area contributed by atoms with Gasteiger partial charge in [-0.05, 0) is 42.2 Å². The number of amides is 1. The van der Waals surface area contributed by atoms with Crippen molar-refractivity contribution in [2.45, 2.75) is 19.9 Å². The van der Waals surface area contributed by atoms with E-state index in [1.165, 1.54) is 6.07 Å². The van der Waals surface area contributed by atoms with Crippen LogP contribution < -0.4 is 0 Å². The molecule has 2 rings (SSSR count). The van der Waals surface area contributed by atoms with E-state index in [0.29, 0.717) is 19.5 Å². The maximum Gasteiger partial charge on any atom is 0.237 e. The van der Waals surface area contributed by atoms with Crippen LogP contribution in [-0.4, -0.2) is 23.2 Å². The molecule has 0 aliphatic carbocycles. The highest BCUT2D eigenvalue weighted by Gasteiger charge is 2.21. The van der Waals surface area contributed by atoms with Crippen LogP contribution in [-0.2, 0) is 17.8 Å². The number of aryl methyl sites for hydroxylation is 1. The van der Waals surface area contributed by atoms with Gasteiger partial charge in [-0.25, -0.2) is 4.39 Å². The lowest BCUT2D eigenvalue weighted by Gasteiger charge is -2.29. The number of hydrogen-bond acceptors (Lipinski definition) is 1. The first kappa shape index (κ1) is 11.4. The van der Waals surface area contributed by atoms with E-state index in [0.717, 1.165) is 16.7 Å². The topological polar surface area (TPSA) is 20.3 Å². The number of nitrogens with zero attached hydrogens (tertiary/aromatic N) is 1. The summed E-state index contributed by atoms with van der Waals surface area (Å²) < 4.78 is 13.2. The zero-order valence-electron chi connectivity index (χ0n) is 9.09. The van der Waals surface area contributed by atoms with E-state index in [2.05, 4.69) is 0 Å². The first-order chi connectivity index (χ1) is 7.61. The molecule has 1 aromatic rings. The van der Waals surface area contributed by atoms with Crippen LogP contribution in [0.2, 0.25) is 0 Å². The van der Waals surface area contributed by atoms with Crippen LogP contribution in [0.3, 0.4) is 0 Å². The summed E-state index contributed by atoms with van der Waals surface area (Å²) in [7, 11) is 0. The number of carbonyl (C=O) groups is 1. The number of carbonyl (C=O) groups excluding carboxylic acids is 1. The van der Waals surface area contributed by atoms with Gasteiger partial charge in [-0.3, -0.25) is 4.79 Å². The van der Waals surface area contributed by atoms with Gasteiger partial charge in [-0.1, -0.05) is 0 Å². The predicted octanol–water partition coefficient (Wildman–Crippen LogP) is 2.26. The third kappa shape index (κ3) is 2.05. The molecule has 0 unspecified atom stereocenters. The zero-order valence-corrected chi connectivity index (χ0v) is 9.85. The Morgan fingerprint density at radius 2 is 2.31 bits per heavy atom. The van der Waals surface area contributed by atoms with Crippen molar-refractivity contribution in [3.63, 3.8) is 0 Å². The molecule has 1 heterocycles. The van der Waals surface area contributed by atoms with E-state index < -0.39 is 0 Å². The molecule has 0 bridgehead atoms. The number of rotatable bonds is 1. The zero-order chi connectivity index (χ0) is 11.7. The largest absolute Gasteiger partial charge is 0.337 e. The summed E-state index contributed by atoms with van der Waals surface area (Å²) in [4.78, 5) is 13.2. The third-order valence-electron chi connectivity index (χ3n) is 3.00. The van der Waals surface area contributed by atoms with Crippen LogP contribution in [0.1, 0.15) is 16.7 Å². The molecule has 0 spiro atoms. The second-order valence-electron chi connectivity index (χ2n) is 4.06. The lowest BCUT2D eigenvalue weighted by atomic mass is 9.95. The van der Waals surface area contributed by atoms with Crippen LogP contribution in [0, 0.1) is 12.7 Å². The van der Waals surface area contributed by atoms with E-state index in [4.69, 9.17) is 11.6 Å². The fourth-order valence-electron chi connectivity index (χ4n) is 2.11. The molecule has 16 heavy (non-hydrogen) atoms. The van der Waals surface area contributed by atoms with E-state index in [1.807, 2.05) is 6.92 Å². The van der Waals surface area contributed by atoms with Crippen molar-refractivity contribution in [3.05, 3.63) is 34.6 Å². The average molecular weight is 242 g/mol. The molecule has 0 fully saturated rings. The molecule has 0 aromatic heterocycles. The molecule has 0 atom stereocenters. The molecule has 4 heteroatoms. The molecule has 86 valence electrons. The Bertz CT molecular complexity index is 433. The first-order valence-electron chi connectivity index (χ1n) is 5.23. The van der Waals surface area contributed by atoms with Crippen LogP contribution >= 0.6 is 11.6 Å². The number of halogens is 2. The first-order valence-corrected chi connectivity index (χ1v) is 5.77. The van der Waals surface area contributed by atoms with Gasteiger partial charge in [0.1, 0.15) is 11.7 Å². The van der Waals surface area contributed by atoms with Crippen molar-refractivity contribution in [1.82, 2.24) is 4.90 Å². The maximum atomic E-state index is 13.2. The molecule has 1 aromatic carbocycles. The van der Waals surface area contributed by atoms with E-state index in [9.17, 15) is 9.18 Å². The van der Waals surface area contributed by atoms with Crippen molar-refractivity contribution in [2.75, 3.05) is 12.4 Å². The van der Waals surface area contributed by atoms with Gasteiger partial charge in [0.15, 0.2) is 0 Å².